The zero-order valence-corrected chi connectivity index (χ0v) is 10.5. The lowest BCUT2D eigenvalue weighted by Gasteiger charge is -2.15. The van der Waals surface area contributed by atoms with Crippen LogP contribution in [0.15, 0.2) is 12.1 Å². The minimum absolute atomic E-state index is 0.00918. The fraction of sp³-hybridized carbons (Fsp3) is 0.500. The Bertz CT molecular complexity index is 416. The standard InChI is InChI=1S/C12H17F3N2O2/c1-2-3-19-11-5-9(8(16)4-7(11)13)17-6-10(18)12(14)15/h4-5,10,12,17-18H,2-3,6,16H2,1H3. The first-order valence-corrected chi connectivity index (χ1v) is 5.87. The van der Waals surface area contributed by atoms with Gasteiger partial charge in [-0.05, 0) is 6.42 Å². The van der Waals surface area contributed by atoms with Crippen LogP contribution in [-0.4, -0.2) is 30.8 Å². The number of hydrogen-bond donors (Lipinski definition) is 3. The van der Waals surface area contributed by atoms with Gasteiger partial charge in [-0.25, -0.2) is 13.2 Å². The van der Waals surface area contributed by atoms with Crippen molar-refractivity contribution in [3.63, 3.8) is 0 Å². The quantitative estimate of drug-likeness (QED) is 0.669. The minimum Gasteiger partial charge on any atom is -0.490 e. The molecule has 0 saturated heterocycles. The van der Waals surface area contributed by atoms with Crippen LogP contribution in [0.5, 0.6) is 5.75 Å². The molecule has 1 aromatic carbocycles. The van der Waals surface area contributed by atoms with Crippen molar-refractivity contribution in [2.75, 3.05) is 24.2 Å². The third-order valence-electron chi connectivity index (χ3n) is 2.36. The molecule has 1 rings (SSSR count). The summed E-state index contributed by atoms with van der Waals surface area (Å²) >= 11 is 0. The number of hydrogen-bond acceptors (Lipinski definition) is 4. The van der Waals surface area contributed by atoms with Gasteiger partial charge in [0.1, 0.15) is 6.10 Å². The predicted octanol–water partition coefficient (Wildman–Crippen LogP) is 2.23. The molecule has 4 nitrogen and oxygen atoms in total. The summed E-state index contributed by atoms with van der Waals surface area (Å²) in [6, 6.07) is 2.33. The van der Waals surface area contributed by atoms with Gasteiger partial charge in [-0.15, -0.1) is 0 Å². The number of benzene rings is 1. The van der Waals surface area contributed by atoms with Crippen LogP contribution in [0, 0.1) is 5.82 Å². The Labute approximate surface area is 109 Å². The monoisotopic (exact) mass is 278 g/mol. The first-order chi connectivity index (χ1) is 8.95. The van der Waals surface area contributed by atoms with E-state index in [-0.39, 0.29) is 23.7 Å². The van der Waals surface area contributed by atoms with Crippen molar-refractivity contribution in [1.82, 2.24) is 0 Å². The van der Waals surface area contributed by atoms with Crippen LogP contribution in [0.25, 0.3) is 0 Å². The highest BCUT2D eigenvalue weighted by molar-refractivity contribution is 5.68. The van der Waals surface area contributed by atoms with Gasteiger partial charge in [0.25, 0.3) is 6.43 Å². The number of rotatable bonds is 7. The van der Waals surface area contributed by atoms with E-state index in [1.54, 1.807) is 0 Å². The Balaban J connectivity index is 2.76. The molecule has 0 aliphatic carbocycles. The number of ether oxygens (including phenoxy) is 1. The number of aliphatic hydroxyl groups is 1. The molecule has 0 saturated carbocycles. The maximum atomic E-state index is 13.5. The third-order valence-corrected chi connectivity index (χ3v) is 2.36. The van der Waals surface area contributed by atoms with Crippen LogP contribution in [-0.2, 0) is 0 Å². The van der Waals surface area contributed by atoms with Crippen molar-refractivity contribution in [3.05, 3.63) is 17.9 Å². The number of anilines is 2. The number of aliphatic hydroxyl groups excluding tert-OH is 1. The first-order valence-electron chi connectivity index (χ1n) is 5.87. The topological polar surface area (TPSA) is 67.5 Å². The Hall–Kier alpha value is -1.63. The Morgan fingerprint density at radius 2 is 2.11 bits per heavy atom. The average Bonchev–Trinajstić information content (AvgIpc) is 2.36. The summed E-state index contributed by atoms with van der Waals surface area (Å²) in [6.45, 7) is 1.81. The Morgan fingerprint density at radius 1 is 1.42 bits per heavy atom. The molecule has 7 heteroatoms. The van der Waals surface area contributed by atoms with Gasteiger partial charge in [-0.1, -0.05) is 6.92 Å². The zero-order chi connectivity index (χ0) is 14.4. The van der Waals surface area contributed by atoms with E-state index in [0.29, 0.717) is 13.0 Å². The number of nitrogens with one attached hydrogen (secondary N) is 1. The van der Waals surface area contributed by atoms with Crippen LogP contribution < -0.4 is 15.8 Å². The minimum atomic E-state index is -2.86. The van der Waals surface area contributed by atoms with Gasteiger partial charge >= 0.3 is 0 Å². The van der Waals surface area contributed by atoms with Gasteiger partial charge in [0.2, 0.25) is 0 Å². The van der Waals surface area contributed by atoms with E-state index in [4.69, 9.17) is 15.6 Å². The first kappa shape index (κ1) is 15.4. The molecular formula is C12H17F3N2O2. The van der Waals surface area contributed by atoms with Gasteiger partial charge < -0.3 is 20.9 Å². The summed E-state index contributed by atoms with van der Waals surface area (Å²) in [6.07, 6.45) is -3.97. The summed E-state index contributed by atoms with van der Waals surface area (Å²) in [7, 11) is 0. The largest absolute Gasteiger partial charge is 0.490 e. The van der Waals surface area contributed by atoms with Crippen molar-refractivity contribution in [1.29, 1.82) is 0 Å². The molecule has 0 amide bonds. The molecule has 108 valence electrons. The van der Waals surface area contributed by atoms with E-state index in [0.717, 1.165) is 6.07 Å². The van der Waals surface area contributed by atoms with Crippen molar-refractivity contribution in [2.45, 2.75) is 25.9 Å². The van der Waals surface area contributed by atoms with Crippen molar-refractivity contribution >= 4 is 11.4 Å². The highest BCUT2D eigenvalue weighted by Gasteiger charge is 2.17. The van der Waals surface area contributed by atoms with Crippen LogP contribution in [0.2, 0.25) is 0 Å². The van der Waals surface area contributed by atoms with Gasteiger partial charge in [0.05, 0.1) is 18.0 Å². The molecule has 0 heterocycles. The molecule has 0 aromatic heterocycles. The highest BCUT2D eigenvalue weighted by Crippen LogP contribution is 2.28. The third kappa shape index (κ3) is 4.51. The molecular weight excluding hydrogens is 261 g/mol. The summed E-state index contributed by atoms with van der Waals surface area (Å²) in [5.41, 5.74) is 5.86. The van der Waals surface area contributed by atoms with Crippen LogP contribution in [0.3, 0.4) is 0 Å². The Kier molecular flexibility index (Phi) is 5.75. The molecule has 0 aliphatic rings. The predicted molar refractivity (Wildman–Crippen MR) is 67.1 cm³/mol. The number of alkyl halides is 2. The van der Waals surface area contributed by atoms with Crippen molar-refractivity contribution < 1.29 is 23.0 Å². The molecule has 1 unspecified atom stereocenters. The number of nitrogen functional groups attached to an aromatic ring is 1. The molecule has 0 fully saturated rings. The van der Waals surface area contributed by atoms with Crippen LogP contribution >= 0.6 is 0 Å². The number of halogens is 3. The summed E-state index contributed by atoms with van der Waals surface area (Å²) in [5.74, 6) is -0.629. The lowest BCUT2D eigenvalue weighted by molar-refractivity contribution is 0.00385. The molecule has 0 spiro atoms. The second-order valence-corrected chi connectivity index (χ2v) is 4.00. The van der Waals surface area contributed by atoms with Gasteiger partial charge in [0.15, 0.2) is 11.6 Å². The lowest BCUT2D eigenvalue weighted by Crippen LogP contribution is -2.27. The molecule has 1 atom stereocenters. The summed E-state index contributed by atoms with van der Waals surface area (Å²) in [4.78, 5) is 0. The fourth-order valence-corrected chi connectivity index (χ4v) is 1.35. The normalized spacial score (nSPS) is 12.5. The SMILES string of the molecule is CCCOc1cc(NCC(O)C(F)F)c(N)cc1F. The summed E-state index contributed by atoms with van der Waals surface area (Å²) < 4.78 is 42.9. The average molecular weight is 278 g/mol. The van der Waals surface area contributed by atoms with E-state index >= 15 is 0 Å². The second-order valence-electron chi connectivity index (χ2n) is 4.00. The molecule has 1 aromatic rings. The second kappa shape index (κ2) is 7.08. The zero-order valence-electron chi connectivity index (χ0n) is 10.5. The van der Waals surface area contributed by atoms with Gasteiger partial charge in [-0.3, -0.25) is 0 Å². The van der Waals surface area contributed by atoms with Crippen LogP contribution in [0.1, 0.15) is 13.3 Å². The van der Waals surface area contributed by atoms with Crippen molar-refractivity contribution in [2.24, 2.45) is 0 Å². The highest BCUT2D eigenvalue weighted by atomic mass is 19.3. The van der Waals surface area contributed by atoms with E-state index in [9.17, 15) is 13.2 Å². The van der Waals surface area contributed by atoms with E-state index in [2.05, 4.69) is 5.32 Å². The van der Waals surface area contributed by atoms with E-state index in [1.165, 1.54) is 6.07 Å². The fourth-order valence-electron chi connectivity index (χ4n) is 1.35. The molecule has 4 N–H and O–H groups in total. The Morgan fingerprint density at radius 3 is 2.68 bits per heavy atom. The van der Waals surface area contributed by atoms with Gasteiger partial charge in [-0.2, -0.15) is 0 Å². The molecule has 0 radical (unpaired) electrons. The maximum Gasteiger partial charge on any atom is 0.265 e. The number of nitrogens with two attached hydrogens (primary N) is 1. The van der Waals surface area contributed by atoms with Gasteiger partial charge in [0, 0.05) is 18.7 Å². The molecule has 19 heavy (non-hydrogen) atoms. The summed E-state index contributed by atoms with van der Waals surface area (Å²) in [5, 5.41) is 11.5. The van der Waals surface area contributed by atoms with E-state index < -0.39 is 18.3 Å². The molecule has 0 bridgehead atoms. The lowest BCUT2D eigenvalue weighted by atomic mass is 10.2. The molecule has 0 aliphatic heterocycles. The van der Waals surface area contributed by atoms with E-state index in [1.807, 2.05) is 6.92 Å². The maximum absolute atomic E-state index is 13.5. The van der Waals surface area contributed by atoms with Crippen LogP contribution in [0.4, 0.5) is 24.5 Å². The van der Waals surface area contributed by atoms with Crippen molar-refractivity contribution in [3.8, 4) is 5.75 Å². The smallest absolute Gasteiger partial charge is 0.265 e.